The van der Waals surface area contributed by atoms with Crippen LogP contribution in [0.15, 0.2) is 0 Å². The summed E-state index contributed by atoms with van der Waals surface area (Å²) in [6.45, 7) is 8.64. The minimum atomic E-state index is 0. The number of halogens is 2. The number of piperidine rings is 2. The average molecular weight is 550 g/mol. The van der Waals surface area contributed by atoms with Crippen molar-refractivity contribution < 1.29 is 56.9 Å². The Kier molecular flexibility index (Phi) is 13.4. The Labute approximate surface area is 180 Å². The molecule has 2 heterocycles. The smallest absolute Gasteiger partial charge is 0.0784 e. The molecule has 0 aromatic carbocycles. The van der Waals surface area contributed by atoms with Crippen LogP contribution in [0.3, 0.4) is 0 Å². The fourth-order valence-corrected chi connectivity index (χ4v) is 4.52. The Bertz CT molecular complexity index is 257. The van der Waals surface area contributed by atoms with Crippen LogP contribution in [0, 0.1) is 0 Å². The molecule has 0 atom stereocenters. The number of unbranched alkanes of at least 4 members (excludes halogenated alkanes) is 4. The zero-order valence-corrected chi connectivity index (χ0v) is 20.0. The van der Waals surface area contributed by atoms with Crippen molar-refractivity contribution in [1.82, 2.24) is 0 Å². The molecule has 0 N–H and O–H groups in total. The zero-order valence-electron chi connectivity index (χ0n) is 15.7. The third-order valence-corrected chi connectivity index (χ3v) is 6.19. The summed E-state index contributed by atoms with van der Waals surface area (Å²) in [6, 6.07) is 0. The highest BCUT2D eigenvalue weighted by Gasteiger charge is 2.24. The van der Waals surface area contributed by atoms with Gasteiger partial charge in [0.2, 0.25) is 0 Å². The summed E-state index contributed by atoms with van der Waals surface area (Å²) >= 11 is 0. The number of hydrogen-bond donors (Lipinski definition) is 0. The van der Waals surface area contributed by atoms with Crippen LogP contribution < -0.4 is 48.0 Å². The molecule has 0 bridgehead atoms. The molecule has 0 aromatic heterocycles. The molecular weight excluding hydrogens is 510 g/mol. The van der Waals surface area contributed by atoms with E-state index in [-0.39, 0.29) is 48.0 Å². The maximum Gasteiger partial charge on any atom is 0.0784 e. The summed E-state index contributed by atoms with van der Waals surface area (Å²) in [5, 5.41) is 0. The monoisotopic (exact) mass is 550 g/mol. The summed E-state index contributed by atoms with van der Waals surface area (Å²) in [5.41, 5.74) is 0. The van der Waals surface area contributed by atoms with E-state index in [0.29, 0.717) is 0 Å². The molecule has 0 saturated carbocycles. The van der Waals surface area contributed by atoms with Gasteiger partial charge in [-0.2, -0.15) is 0 Å². The van der Waals surface area contributed by atoms with Crippen LogP contribution in [0.25, 0.3) is 0 Å². The van der Waals surface area contributed by atoms with Crippen molar-refractivity contribution in [1.29, 1.82) is 0 Å². The van der Waals surface area contributed by atoms with Crippen molar-refractivity contribution in [3.05, 3.63) is 0 Å². The number of likely N-dealkylation sites (tertiary alicyclic amines) is 2. The predicted octanol–water partition coefficient (Wildman–Crippen LogP) is -1.79. The first-order valence-corrected chi connectivity index (χ1v) is 9.79. The standard InChI is InChI=1S/C19H40N2.2HI/c1-20(16-10-6-11-17-20)14-8-4-3-5-9-15-21(2)18-12-7-13-19-21;;/h3-19H2,1-2H3;2*1H/q+2;;/p-2. The number of nitrogens with zero attached hydrogens (tertiary/aromatic N) is 2. The Hall–Kier alpha value is 1.38. The highest BCUT2D eigenvalue weighted by Crippen LogP contribution is 2.19. The molecule has 0 unspecified atom stereocenters. The lowest BCUT2D eigenvalue weighted by molar-refractivity contribution is -0.914. The van der Waals surface area contributed by atoms with Gasteiger partial charge < -0.3 is 56.9 Å². The Balaban J connectivity index is 0.00000242. The van der Waals surface area contributed by atoms with E-state index in [4.69, 9.17) is 0 Å². The van der Waals surface area contributed by atoms with Gasteiger partial charge in [-0.25, -0.2) is 0 Å². The summed E-state index contributed by atoms with van der Waals surface area (Å²) in [7, 11) is 4.97. The molecular formula is C19H40I2N2. The third kappa shape index (κ3) is 9.59. The number of hydrogen-bond acceptors (Lipinski definition) is 0. The molecule has 2 nitrogen and oxygen atoms in total. The van der Waals surface area contributed by atoms with E-state index in [1.165, 1.54) is 119 Å². The van der Waals surface area contributed by atoms with Gasteiger partial charge in [0.05, 0.1) is 53.4 Å². The van der Waals surface area contributed by atoms with E-state index in [1.807, 2.05) is 0 Å². The second kappa shape index (κ2) is 12.7. The minimum absolute atomic E-state index is 0. The zero-order chi connectivity index (χ0) is 15.0. The molecule has 0 radical (unpaired) electrons. The van der Waals surface area contributed by atoms with Gasteiger partial charge in [-0.1, -0.05) is 6.42 Å². The van der Waals surface area contributed by atoms with Gasteiger partial charge >= 0.3 is 0 Å². The SMILES string of the molecule is C[N+]1(CCCCCCC[N+]2(C)CCCCC2)CCCCC1.[I-].[I-]. The van der Waals surface area contributed by atoms with E-state index in [2.05, 4.69) is 14.1 Å². The van der Waals surface area contributed by atoms with Crippen LogP contribution >= 0.6 is 0 Å². The van der Waals surface area contributed by atoms with Crippen molar-refractivity contribution >= 4 is 0 Å². The van der Waals surface area contributed by atoms with Crippen LogP contribution in [0.4, 0.5) is 0 Å². The Morgan fingerprint density at radius 2 is 0.783 bits per heavy atom. The first-order valence-electron chi connectivity index (χ1n) is 9.79. The van der Waals surface area contributed by atoms with E-state index < -0.39 is 0 Å². The molecule has 2 aliphatic rings. The molecule has 2 saturated heterocycles. The third-order valence-electron chi connectivity index (χ3n) is 6.19. The van der Waals surface area contributed by atoms with Gasteiger partial charge in [0, 0.05) is 0 Å². The van der Waals surface area contributed by atoms with Gasteiger partial charge in [-0.05, 0) is 64.2 Å². The predicted molar refractivity (Wildman–Crippen MR) is 92.4 cm³/mol. The lowest BCUT2D eigenvalue weighted by Crippen LogP contribution is -3.00. The van der Waals surface area contributed by atoms with Crippen LogP contribution in [0.5, 0.6) is 0 Å². The molecule has 2 aliphatic heterocycles. The molecule has 0 spiro atoms. The van der Waals surface area contributed by atoms with Crippen LogP contribution in [0.1, 0.15) is 70.6 Å². The molecule has 2 fully saturated rings. The molecule has 0 aromatic rings. The fourth-order valence-electron chi connectivity index (χ4n) is 4.52. The van der Waals surface area contributed by atoms with Crippen LogP contribution in [-0.2, 0) is 0 Å². The van der Waals surface area contributed by atoms with Crippen molar-refractivity contribution in [2.45, 2.75) is 70.6 Å². The lowest BCUT2D eigenvalue weighted by atomic mass is 10.1. The summed E-state index contributed by atoms with van der Waals surface area (Å²) in [6.07, 6.45) is 16.1. The molecule has 140 valence electrons. The summed E-state index contributed by atoms with van der Waals surface area (Å²) in [5.74, 6) is 0. The largest absolute Gasteiger partial charge is 1.00 e. The van der Waals surface area contributed by atoms with Crippen molar-refractivity contribution in [3.8, 4) is 0 Å². The van der Waals surface area contributed by atoms with Gasteiger partial charge in [0.1, 0.15) is 0 Å². The van der Waals surface area contributed by atoms with Crippen molar-refractivity contribution in [2.24, 2.45) is 0 Å². The number of quaternary nitrogens is 2. The molecule has 2 rings (SSSR count). The second-order valence-electron chi connectivity index (χ2n) is 8.47. The van der Waals surface area contributed by atoms with Gasteiger partial charge in [-0.15, -0.1) is 0 Å². The van der Waals surface area contributed by atoms with Crippen LogP contribution in [-0.4, -0.2) is 62.3 Å². The molecule has 0 amide bonds. The molecule has 4 heteroatoms. The topological polar surface area (TPSA) is 0 Å². The Morgan fingerprint density at radius 3 is 1.13 bits per heavy atom. The summed E-state index contributed by atoms with van der Waals surface area (Å²) in [4.78, 5) is 0. The quantitative estimate of drug-likeness (QED) is 0.191. The van der Waals surface area contributed by atoms with Crippen molar-refractivity contribution in [2.75, 3.05) is 53.4 Å². The Morgan fingerprint density at radius 1 is 0.478 bits per heavy atom. The van der Waals surface area contributed by atoms with E-state index in [9.17, 15) is 0 Å². The van der Waals surface area contributed by atoms with E-state index in [0.717, 1.165) is 0 Å². The van der Waals surface area contributed by atoms with E-state index in [1.54, 1.807) is 0 Å². The first kappa shape index (κ1) is 24.4. The summed E-state index contributed by atoms with van der Waals surface area (Å²) < 4.78 is 2.74. The maximum atomic E-state index is 2.49. The highest BCUT2D eigenvalue weighted by atomic mass is 127. The van der Waals surface area contributed by atoms with Crippen molar-refractivity contribution in [3.63, 3.8) is 0 Å². The average Bonchev–Trinajstić information content (AvgIpc) is 2.47. The van der Waals surface area contributed by atoms with Crippen LogP contribution in [0.2, 0.25) is 0 Å². The molecule has 23 heavy (non-hydrogen) atoms. The van der Waals surface area contributed by atoms with Gasteiger partial charge in [0.15, 0.2) is 0 Å². The highest BCUT2D eigenvalue weighted by molar-refractivity contribution is 4.54. The minimum Gasteiger partial charge on any atom is -1.00 e. The molecule has 0 aliphatic carbocycles. The first-order chi connectivity index (χ1) is 10.1. The maximum absolute atomic E-state index is 2.49. The normalized spacial score (nSPS) is 22.7. The lowest BCUT2D eigenvalue weighted by Gasteiger charge is -2.38. The van der Waals surface area contributed by atoms with Gasteiger partial charge in [-0.3, -0.25) is 0 Å². The van der Waals surface area contributed by atoms with Gasteiger partial charge in [0.25, 0.3) is 0 Å². The second-order valence-corrected chi connectivity index (χ2v) is 8.47. The number of rotatable bonds is 8. The van der Waals surface area contributed by atoms with E-state index >= 15 is 0 Å². The fraction of sp³-hybridized carbons (Fsp3) is 1.00.